The second kappa shape index (κ2) is 12.1. The molecule has 3 rings (SSSR count). The lowest BCUT2D eigenvalue weighted by Crippen LogP contribution is -2.29. The van der Waals surface area contributed by atoms with Gasteiger partial charge in [-0.25, -0.2) is 0 Å². The number of amidine groups is 1. The quantitative estimate of drug-likeness (QED) is 0.226. The van der Waals surface area contributed by atoms with Crippen LogP contribution in [0.15, 0.2) is 69.3 Å². The van der Waals surface area contributed by atoms with Crippen molar-refractivity contribution in [1.82, 2.24) is 4.90 Å². The van der Waals surface area contributed by atoms with Gasteiger partial charge in [-0.2, -0.15) is 8.42 Å². The van der Waals surface area contributed by atoms with Crippen molar-refractivity contribution in [3.63, 3.8) is 0 Å². The van der Waals surface area contributed by atoms with Crippen molar-refractivity contribution in [2.75, 3.05) is 20.3 Å². The standard InChI is InChI=1S/C26H30N2O5S2/c1-5-7-8-16-33-23-17-20(11-14-22(23)32-4)18-24-25(29)28(15-6-2)26(34-24)27-35(30,31)21-12-9-19(3)10-13-21/h6,9-14,17-18H,2,5,7-8,15-16H2,1,3-4H3/b24-18-,27-26+. The summed E-state index contributed by atoms with van der Waals surface area (Å²) in [6, 6.07) is 11.8. The Labute approximate surface area is 211 Å². The summed E-state index contributed by atoms with van der Waals surface area (Å²) in [5, 5.41) is 0.0891. The van der Waals surface area contributed by atoms with Gasteiger partial charge in [-0.15, -0.1) is 11.0 Å². The Hall–Kier alpha value is -3.04. The molecule has 0 N–H and O–H groups in total. The summed E-state index contributed by atoms with van der Waals surface area (Å²) in [7, 11) is -2.41. The number of benzene rings is 2. The smallest absolute Gasteiger partial charge is 0.284 e. The number of methoxy groups -OCH3 is 1. The minimum absolute atomic E-state index is 0.0691. The number of sulfonamides is 1. The molecule has 0 unspecified atom stereocenters. The molecule has 0 aromatic heterocycles. The van der Waals surface area contributed by atoms with Gasteiger partial charge in [0.1, 0.15) is 0 Å². The number of rotatable bonds is 11. The van der Waals surface area contributed by atoms with Crippen LogP contribution in [0.25, 0.3) is 6.08 Å². The molecule has 2 aromatic rings. The number of amides is 1. The van der Waals surface area contributed by atoms with Gasteiger partial charge in [-0.05, 0) is 61.0 Å². The van der Waals surface area contributed by atoms with E-state index in [0.717, 1.165) is 42.2 Å². The minimum atomic E-state index is -3.99. The van der Waals surface area contributed by atoms with E-state index in [-0.39, 0.29) is 22.5 Å². The van der Waals surface area contributed by atoms with Gasteiger partial charge < -0.3 is 9.47 Å². The molecular weight excluding hydrogens is 484 g/mol. The van der Waals surface area contributed by atoms with Crippen molar-refractivity contribution in [2.45, 2.75) is 38.0 Å². The highest BCUT2D eigenvalue weighted by atomic mass is 32.2. The number of hydrogen-bond donors (Lipinski definition) is 0. The van der Waals surface area contributed by atoms with Crippen molar-refractivity contribution in [3.8, 4) is 11.5 Å². The fourth-order valence-electron chi connectivity index (χ4n) is 3.31. The second-order valence-electron chi connectivity index (χ2n) is 7.94. The molecule has 0 bridgehead atoms. The summed E-state index contributed by atoms with van der Waals surface area (Å²) in [6.45, 7) is 8.39. The molecule has 0 atom stereocenters. The summed E-state index contributed by atoms with van der Waals surface area (Å²) >= 11 is 1.02. The first-order chi connectivity index (χ1) is 16.8. The largest absolute Gasteiger partial charge is 0.493 e. The molecule has 1 amide bonds. The Morgan fingerprint density at radius 2 is 1.86 bits per heavy atom. The average molecular weight is 515 g/mol. The Morgan fingerprint density at radius 1 is 1.11 bits per heavy atom. The molecule has 0 aliphatic carbocycles. The summed E-state index contributed by atoms with van der Waals surface area (Å²) in [4.78, 5) is 14.8. The van der Waals surface area contributed by atoms with Crippen molar-refractivity contribution >= 4 is 38.9 Å². The third kappa shape index (κ3) is 6.76. The van der Waals surface area contributed by atoms with E-state index in [4.69, 9.17) is 9.47 Å². The molecule has 7 nitrogen and oxygen atoms in total. The van der Waals surface area contributed by atoms with Crippen LogP contribution in [0.2, 0.25) is 0 Å². The van der Waals surface area contributed by atoms with Crippen molar-refractivity contribution in [1.29, 1.82) is 0 Å². The zero-order chi connectivity index (χ0) is 25.4. The van der Waals surface area contributed by atoms with Gasteiger partial charge in [0, 0.05) is 6.54 Å². The van der Waals surface area contributed by atoms with E-state index in [1.54, 1.807) is 31.4 Å². The van der Waals surface area contributed by atoms with E-state index < -0.39 is 10.0 Å². The molecule has 1 fully saturated rings. The van der Waals surface area contributed by atoms with Crippen LogP contribution in [-0.2, 0) is 14.8 Å². The Kier molecular flexibility index (Phi) is 9.17. The number of unbranched alkanes of at least 4 members (excludes halogenated alkanes) is 2. The molecule has 9 heteroatoms. The molecule has 35 heavy (non-hydrogen) atoms. The van der Waals surface area contributed by atoms with Crippen LogP contribution in [0.4, 0.5) is 0 Å². The highest BCUT2D eigenvalue weighted by Crippen LogP contribution is 2.35. The first kappa shape index (κ1) is 26.6. The fourth-order valence-corrected chi connectivity index (χ4v) is 5.50. The van der Waals surface area contributed by atoms with Gasteiger partial charge in [0.2, 0.25) is 0 Å². The number of aryl methyl sites for hydroxylation is 1. The van der Waals surface area contributed by atoms with Gasteiger partial charge in [-0.1, -0.05) is 49.6 Å². The molecule has 0 saturated carbocycles. The minimum Gasteiger partial charge on any atom is -0.493 e. The van der Waals surface area contributed by atoms with Crippen LogP contribution in [0, 0.1) is 6.92 Å². The van der Waals surface area contributed by atoms with E-state index >= 15 is 0 Å². The molecule has 1 heterocycles. The molecular formula is C26H30N2O5S2. The number of carbonyl (C=O) groups excluding carboxylic acids is 1. The number of nitrogens with zero attached hydrogens (tertiary/aromatic N) is 2. The Morgan fingerprint density at radius 3 is 2.51 bits per heavy atom. The number of ether oxygens (including phenoxy) is 2. The van der Waals surface area contributed by atoms with Crippen LogP contribution in [0.5, 0.6) is 11.5 Å². The van der Waals surface area contributed by atoms with Crippen molar-refractivity contribution in [2.24, 2.45) is 4.40 Å². The zero-order valence-electron chi connectivity index (χ0n) is 20.2. The topological polar surface area (TPSA) is 85.3 Å². The van der Waals surface area contributed by atoms with Crippen molar-refractivity contribution < 1.29 is 22.7 Å². The van der Waals surface area contributed by atoms with Crippen LogP contribution in [0.1, 0.15) is 37.3 Å². The third-order valence-corrected chi connectivity index (χ3v) is 7.61. The summed E-state index contributed by atoms with van der Waals surface area (Å²) in [5.41, 5.74) is 1.67. The fraction of sp³-hybridized carbons (Fsp3) is 0.308. The van der Waals surface area contributed by atoms with Crippen LogP contribution < -0.4 is 9.47 Å². The summed E-state index contributed by atoms with van der Waals surface area (Å²) in [6.07, 6.45) is 6.33. The second-order valence-corrected chi connectivity index (χ2v) is 10.6. The third-order valence-electron chi connectivity index (χ3n) is 5.21. The van der Waals surface area contributed by atoms with E-state index in [2.05, 4.69) is 17.9 Å². The molecule has 0 spiro atoms. The monoisotopic (exact) mass is 514 g/mol. The van der Waals surface area contributed by atoms with Crippen LogP contribution in [-0.4, -0.2) is 44.7 Å². The first-order valence-corrected chi connectivity index (χ1v) is 13.6. The zero-order valence-corrected chi connectivity index (χ0v) is 21.8. The summed E-state index contributed by atoms with van der Waals surface area (Å²) < 4.78 is 41.0. The maximum atomic E-state index is 13.1. The molecule has 186 valence electrons. The molecule has 1 saturated heterocycles. The normalized spacial score (nSPS) is 16.2. The SMILES string of the molecule is C=CCN1C(=O)/C(=C/c2ccc(OC)c(OCCCCC)c2)S/C1=N/S(=O)(=O)c1ccc(C)cc1. The molecule has 1 aliphatic rings. The maximum absolute atomic E-state index is 13.1. The predicted molar refractivity (Wildman–Crippen MR) is 141 cm³/mol. The van der Waals surface area contributed by atoms with Gasteiger partial charge in [0.15, 0.2) is 16.7 Å². The number of carbonyl (C=O) groups is 1. The van der Waals surface area contributed by atoms with Gasteiger partial charge in [0.05, 0.1) is 23.5 Å². The van der Waals surface area contributed by atoms with Crippen LogP contribution >= 0.6 is 11.8 Å². The Bertz CT molecular complexity index is 1230. The predicted octanol–water partition coefficient (Wildman–Crippen LogP) is 5.42. The van der Waals surface area contributed by atoms with Gasteiger partial charge in [0.25, 0.3) is 15.9 Å². The maximum Gasteiger partial charge on any atom is 0.284 e. The van der Waals surface area contributed by atoms with E-state index in [1.165, 1.54) is 23.1 Å². The van der Waals surface area contributed by atoms with Crippen molar-refractivity contribution in [3.05, 3.63) is 71.2 Å². The average Bonchev–Trinajstić information content (AvgIpc) is 3.11. The lowest BCUT2D eigenvalue weighted by molar-refractivity contribution is -0.121. The highest BCUT2D eigenvalue weighted by molar-refractivity contribution is 8.19. The van der Waals surface area contributed by atoms with Gasteiger partial charge >= 0.3 is 0 Å². The van der Waals surface area contributed by atoms with Gasteiger partial charge in [-0.3, -0.25) is 9.69 Å². The number of thioether (sulfide) groups is 1. The van der Waals surface area contributed by atoms with E-state index in [9.17, 15) is 13.2 Å². The molecule has 1 aliphatic heterocycles. The lowest BCUT2D eigenvalue weighted by Gasteiger charge is -2.12. The van der Waals surface area contributed by atoms with E-state index in [0.29, 0.717) is 23.0 Å². The summed E-state index contributed by atoms with van der Waals surface area (Å²) in [5.74, 6) is 0.856. The molecule has 2 aromatic carbocycles. The first-order valence-electron chi connectivity index (χ1n) is 11.3. The number of hydrogen-bond acceptors (Lipinski definition) is 6. The lowest BCUT2D eigenvalue weighted by atomic mass is 10.2. The van der Waals surface area contributed by atoms with E-state index in [1.807, 2.05) is 19.1 Å². The van der Waals surface area contributed by atoms with Crippen LogP contribution in [0.3, 0.4) is 0 Å². The highest BCUT2D eigenvalue weighted by Gasteiger charge is 2.34. The molecule has 0 radical (unpaired) electrons. The Balaban J connectivity index is 1.91.